The molecule has 0 saturated carbocycles. The molecule has 0 aliphatic heterocycles. The van der Waals surface area contributed by atoms with Crippen LogP contribution in [0.4, 0.5) is 0 Å². The molecule has 22 heavy (non-hydrogen) atoms. The molecule has 0 rings (SSSR count). The van der Waals surface area contributed by atoms with Crippen molar-refractivity contribution in [1.82, 2.24) is 10.6 Å². The Bertz CT molecular complexity index is 229. The summed E-state index contributed by atoms with van der Waals surface area (Å²) in [6.45, 7) is 16.2. The first-order valence-corrected chi connectivity index (χ1v) is 8.81. The molecule has 0 bridgehead atoms. The fraction of sp³-hybridized carbons (Fsp3) is 1.00. The lowest BCUT2D eigenvalue weighted by atomic mass is 10.0. The van der Waals surface area contributed by atoms with Gasteiger partial charge in [-0.05, 0) is 61.2 Å². The molecule has 0 heterocycles. The van der Waals surface area contributed by atoms with Gasteiger partial charge in [-0.2, -0.15) is 0 Å². The quantitative estimate of drug-likeness (QED) is 0.540. The van der Waals surface area contributed by atoms with Gasteiger partial charge in [0, 0.05) is 6.54 Å². The minimum Gasteiger partial charge on any atom is -0.375 e. The van der Waals surface area contributed by atoms with Crippen LogP contribution in [-0.4, -0.2) is 51.6 Å². The molecule has 0 aliphatic rings. The Kier molecular flexibility index (Phi) is 15.8. The highest BCUT2D eigenvalue weighted by molar-refractivity contribution is 4.73. The molecular weight excluding hydrogens is 276 g/mol. The van der Waals surface area contributed by atoms with E-state index in [-0.39, 0.29) is 11.2 Å². The van der Waals surface area contributed by atoms with E-state index < -0.39 is 0 Å². The molecule has 0 aliphatic carbocycles. The molecule has 0 aromatic rings. The lowest BCUT2D eigenvalue weighted by Crippen LogP contribution is -2.33. The maximum Gasteiger partial charge on any atom is 0.0649 e. The van der Waals surface area contributed by atoms with Crippen molar-refractivity contribution in [2.75, 3.05) is 40.4 Å². The standard InChI is InChI=1S/C14H32N2O2.C4H10/c1-13(2,7-9-15-5)17-11-8-14(3,4)18-12-10-16-6;1-3-4-2/h15-16H,7-12H2,1-6H3;3-4H2,1-2H3. The van der Waals surface area contributed by atoms with Crippen LogP contribution in [0.5, 0.6) is 0 Å². The topological polar surface area (TPSA) is 42.5 Å². The Labute approximate surface area is 139 Å². The maximum atomic E-state index is 5.94. The lowest BCUT2D eigenvalue weighted by Gasteiger charge is -2.29. The van der Waals surface area contributed by atoms with Gasteiger partial charge in [0.15, 0.2) is 0 Å². The Morgan fingerprint density at radius 2 is 1.14 bits per heavy atom. The van der Waals surface area contributed by atoms with Gasteiger partial charge in [-0.15, -0.1) is 0 Å². The molecule has 0 fully saturated rings. The number of hydrogen-bond acceptors (Lipinski definition) is 4. The van der Waals surface area contributed by atoms with Crippen molar-refractivity contribution in [3.05, 3.63) is 0 Å². The summed E-state index contributed by atoms with van der Waals surface area (Å²) in [5.74, 6) is 0. The van der Waals surface area contributed by atoms with Crippen molar-refractivity contribution in [2.45, 2.75) is 78.4 Å². The summed E-state index contributed by atoms with van der Waals surface area (Å²) < 4.78 is 11.7. The summed E-state index contributed by atoms with van der Waals surface area (Å²) in [4.78, 5) is 0. The van der Waals surface area contributed by atoms with E-state index in [1.54, 1.807) is 0 Å². The monoisotopic (exact) mass is 318 g/mol. The van der Waals surface area contributed by atoms with Crippen molar-refractivity contribution in [2.24, 2.45) is 0 Å². The van der Waals surface area contributed by atoms with Crippen LogP contribution in [0.15, 0.2) is 0 Å². The van der Waals surface area contributed by atoms with E-state index in [4.69, 9.17) is 9.47 Å². The second kappa shape index (κ2) is 14.4. The number of unbranched alkanes of at least 4 members (excludes halogenated alkanes) is 1. The van der Waals surface area contributed by atoms with Crippen LogP contribution < -0.4 is 10.6 Å². The number of likely N-dealkylation sites (N-methyl/N-ethyl adjacent to an activating group) is 1. The second-order valence-corrected chi connectivity index (χ2v) is 6.92. The molecule has 2 N–H and O–H groups in total. The molecule has 4 nitrogen and oxygen atoms in total. The third-order valence-corrected chi connectivity index (χ3v) is 3.52. The number of nitrogens with one attached hydrogen (secondary N) is 2. The van der Waals surface area contributed by atoms with Gasteiger partial charge in [-0.25, -0.2) is 0 Å². The number of rotatable bonds is 12. The maximum absolute atomic E-state index is 5.94. The fourth-order valence-electron chi connectivity index (χ4n) is 1.57. The number of ether oxygens (including phenoxy) is 2. The highest BCUT2D eigenvalue weighted by Gasteiger charge is 2.22. The van der Waals surface area contributed by atoms with Crippen LogP contribution in [0.1, 0.15) is 67.2 Å². The first-order chi connectivity index (χ1) is 10.2. The Morgan fingerprint density at radius 3 is 1.59 bits per heavy atom. The van der Waals surface area contributed by atoms with Crippen molar-refractivity contribution >= 4 is 0 Å². The third kappa shape index (κ3) is 17.9. The minimum absolute atomic E-state index is 0.0654. The van der Waals surface area contributed by atoms with Gasteiger partial charge in [0.2, 0.25) is 0 Å². The van der Waals surface area contributed by atoms with Crippen molar-refractivity contribution in [3.63, 3.8) is 0 Å². The molecule has 0 atom stereocenters. The first kappa shape index (κ1) is 24.1. The van der Waals surface area contributed by atoms with E-state index in [1.807, 2.05) is 14.1 Å². The molecule has 0 radical (unpaired) electrons. The fourth-order valence-corrected chi connectivity index (χ4v) is 1.57. The van der Waals surface area contributed by atoms with Gasteiger partial charge < -0.3 is 20.1 Å². The molecule has 0 amide bonds. The molecular formula is C18H42N2O2. The SMILES string of the molecule is CCCC.CNCCOC(C)(C)CCOC(C)(C)CCNC. The summed E-state index contributed by atoms with van der Waals surface area (Å²) in [5, 5.41) is 6.23. The van der Waals surface area contributed by atoms with Crippen molar-refractivity contribution in [3.8, 4) is 0 Å². The second-order valence-electron chi connectivity index (χ2n) is 6.92. The molecule has 136 valence electrons. The van der Waals surface area contributed by atoms with Gasteiger partial charge in [-0.3, -0.25) is 0 Å². The molecule has 4 heteroatoms. The van der Waals surface area contributed by atoms with Crippen molar-refractivity contribution in [1.29, 1.82) is 0 Å². The van der Waals surface area contributed by atoms with E-state index in [0.717, 1.165) is 39.1 Å². The van der Waals surface area contributed by atoms with Crippen LogP contribution in [0, 0.1) is 0 Å². The van der Waals surface area contributed by atoms with Gasteiger partial charge in [0.25, 0.3) is 0 Å². The largest absolute Gasteiger partial charge is 0.375 e. The van der Waals surface area contributed by atoms with Crippen molar-refractivity contribution < 1.29 is 9.47 Å². The predicted molar refractivity (Wildman–Crippen MR) is 97.7 cm³/mol. The summed E-state index contributed by atoms with van der Waals surface area (Å²) in [5.41, 5.74) is -0.181. The average molecular weight is 319 g/mol. The predicted octanol–water partition coefficient (Wildman–Crippen LogP) is 3.60. The molecule has 0 aromatic heterocycles. The van der Waals surface area contributed by atoms with Gasteiger partial charge in [0.05, 0.1) is 24.4 Å². The zero-order valence-corrected chi connectivity index (χ0v) is 16.5. The highest BCUT2D eigenvalue weighted by atomic mass is 16.5. The highest BCUT2D eigenvalue weighted by Crippen LogP contribution is 2.18. The first-order valence-electron chi connectivity index (χ1n) is 8.81. The summed E-state index contributed by atoms with van der Waals surface area (Å²) in [6.07, 6.45) is 4.57. The molecule has 0 saturated heterocycles. The number of hydrogen-bond donors (Lipinski definition) is 2. The van der Waals surface area contributed by atoms with E-state index >= 15 is 0 Å². The van der Waals surface area contributed by atoms with Crippen LogP contribution >= 0.6 is 0 Å². The summed E-state index contributed by atoms with van der Waals surface area (Å²) in [6, 6.07) is 0. The molecule has 0 aromatic carbocycles. The smallest absolute Gasteiger partial charge is 0.0649 e. The van der Waals surface area contributed by atoms with E-state index in [2.05, 4.69) is 52.2 Å². The van der Waals surface area contributed by atoms with Gasteiger partial charge >= 0.3 is 0 Å². The third-order valence-electron chi connectivity index (χ3n) is 3.52. The Balaban J connectivity index is 0. The van der Waals surface area contributed by atoms with E-state index in [9.17, 15) is 0 Å². The minimum atomic E-state index is -0.115. The van der Waals surface area contributed by atoms with E-state index in [1.165, 1.54) is 12.8 Å². The van der Waals surface area contributed by atoms with Gasteiger partial charge in [-0.1, -0.05) is 26.7 Å². The van der Waals surface area contributed by atoms with Crippen LogP contribution in [-0.2, 0) is 9.47 Å². The average Bonchev–Trinajstić information content (AvgIpc) is 2.45. The molecule has 0 spiro atoms. The normalized spacial score (nSPS) is 12.0. The Morgan fingerprint density at radius 1 is 0.682 bits per heavy atom. The molecule has 0 unspecified atom stereocenters. The summed E-state index contributed by atoms with van der Waals surface area (Å²) in [7, 11) is 3.90. The van der Waals surface area contributed by atoms with E-state index in [0.29, 0.717) is 0 Å². The van der Waals surface area contributed by atoms with Crippen LogP contribution in [0.25, 0.3) is 0 Å². The summed E-state index contributed by atoms with van der Waals surface area (Å²) >= 11 is 0. The van der Waals surface area contributed by atoms with Gasteiger partial charge in [0.1, 0.15) is 0 Å². The van der Waals surface area contributed by atoms with Crippen LogP contribution in [0.3, 0.4) is 0 Å². The zero-order valence-electron chi connectivity index (χ0n) is 16.5. The zero-order chi connectivity index (χ0) is 17.5. The van der Waals surface area contributed by atoms with Crippen LogP contribution in [0.2, 0.25) is 0 Å². The lowest BCUT2D eigenvalue weighted by molar-refractivity contribution is -0.0728. The Hall–Kier alpha value is -0.160.